The summed E-state index contributed by atoms with van der Waals surface area (Å²) in [5.41, 5.74) is 2.07. The van der Waals surface area contributed by atoms with Gasteiger partial charge in [-0.25, -0.2) is 4.39 Å². The van der Waals surface area contributed by atoms with Crippen LogP contribution in [0.15, 0.2) is 42.7 Å². The van der Waals surface area contributed by atoms with E-state index in [0.717, 1.165) is 42.8 Å². The second kappa shape index (κ2) is 10.4. The van der Waals surface area contributed by atoms with Crippen LogP contribution in [0.3, 0.4) is 0 Å². The third kappa shape index (κ3) is 6.21. The van der Waals surface area contributed by atoms with Gasteiger partial charge in [-0.05, 0) is 42.2 Å². The zero-order valence-electron chi connectivity index (χ0n) is 16.1. The van der Waals surface area contributed by atoms with Gasteiger partial charge in [0, 0.05) is 43.8 Å². The number of aromatic nitrogens is 1. The molecule has 1 aliphatic heterocycles. The van der Waals surface area contributed by atoms with Crippen LogP contribution in [0.5, 0.6) is 5.75 Å². The van der Waals surface area contributed by atoms with E-state index >= 15 is 0 Å². The van der Waals surface area contributed by atoms with Crippen LogP contribution in [0.2, 0.25) is 0 Å². The summed E-state index contributed by atoms with van der Waals surface area (Å²) in [5.74, 6) is 1.28. The van der Waals surface area contributed by atoms with Crippen molar-refractivity contribution >= 4 is 17.7 Å². The number of likely N-dealkylation sites (tertiary alicyclic amines) is 1. The molecule has 1 saturated heterocycles. The average Bonchev–Trinajstić information content (AvgIpc) is 2.70. The van der Waals surface area contributed by atoms with Gasteiger partial charge in [-0.15, -0.1) is 11.8 Å². The van der Waals surface area contributed by atoms with Gasteiger partial charge in [0.25, 0.3) is 0 Å². The molecule has 2 heterocycles. The summed E-state index contributed by atoms with van der Waals surface area (Å²) in [4.78, 5) is 18.5. The molecular weight excluding hydrogens is 377 g/mol. The number of nitrogens with one attached hydrogen (secondary N) is 1. The third-order valence-electron chi connectivity index (χ3n) is 4.80. The fraction of sp³-hybridized carbons (Fsp3) is 0.429. The predicted octanol–water partition coefficient (Wildman–Crippen LogP) is 3.24. The lowest BCUT2D eigenvalue weighted by molar-refractivity contribution is -0.119. The first-order chi connectivity index (χ1) is 13.6. The van der Waals surface area contributed by atoms with E-state index in [2.05, 4.69) is 15.2 Å². The third-order valence-corrected chi connectivity index (χ3v) is 5.80. The number of hydrogen-bond donors (Lipinski definition) is 1. The van der Waals surface area contributed by atoms with Crippen molar-refractivity contribution in [2.45, 2.75) is 31.2 Å². The quantitative estimate of drug-likeness (QED) is 0.733. The zero-order valence-corrected chi connectivity index (χ0v) is 16.9. The Morgan fingerprint density at radius 2 is 2.14 bits per heavy atom. The summed E-state index contributed by atoms with van der Waals surface area (Å²) in [6.07, 6.45) is 5.41. The Morgan fingerprint density at radius 1 is 1.32 bits per heavy atom. The lowest BCUT2D eigenvalue weighted by Crippen LogP contribution is -2.44. The van der Waals surface area contributed by atoms with E-state index in [1.807, 2.05) is 24.4 Å². The molecule has 0 bridgehead atoms. The van der Waals surface area contributed by atoms with Gasteiger partial charge in [0.1, 0.15) is 0 Å². The average molecular weight is 404 g/mol. The van der Waals surface area contributed by atoms with Crippen LogP contribution < -0.4 is 10.1 Å². The molecule has 0 radical (unpaired) electrons. The lowest BCUT2D eigenvalue weighted by Gasteiger charge is -2.32. The maximum atomic E-state index is 13.8. The van der Waals surface area contributed by atoms with Crippen molar-refractivity contribution in [2.75, 3.05) is 26.0 Å². The lowest BCUT2D eigenvalue weighted by atomic mass is 10.0. The SMILES string of the molecule is COc1ccc(CN2CCC(NC(=O)CSCc3cccnc3)CC2)cc1F. The second-order valence-electron chi connectivity index (χ2n) is 6.94. The predicted molar refractivity (Wildman–Crippen MR) is 110 cm³/mol. The van der Waals surface area contributed by atoms with E-state index in [0.29, 0.717) is 12.3 Å². The second-order valence-corrected chi connectivity index (χ2v) is 7.93. The maximum absolute atomic E-state index is 13.8. The van der Waals surface area contributed by atoms with Gasteiger partial charge in [0.15, 0.2) is 11.6 Å². The number of ether oxygens (including phenoxy) is 1. The van der Waals surface area contributed by atoms with Crippen LogP contribution in [0.4, 0.5) is 4.39 Å². The van der Waals surface area contributed by atoms with Crippen molar-refractivity contribution in [2.24, 2.45) is 0 Å². The minimum absolute atomic E-state index is 0.0876. The van der Waals surface area contributed by atoms with Crippen LogP contribution in [0, 0.1) is 5.82 Å². The summed E-state index contributed by atoms with van der Waals surface area (Å²) < 4.78 is 18.8. The summed E-state index contributed by atoms with van der Waals surface area (Å²) in [5, 5.41) is 3.14. The smallest absolute Gasteiger partial charge is 0.230 e. The highest BCUT2D eigenvalue weighted by Gasteiger charge is 2.21. The maximum Gasteiger partial charge on any atom is 0.230 e. The van der Waals surface area contributed by atoms with Gasteiger partial charge in [-0.3, -0.25) is 14.7 Å². The number of halogens is 1. The van der Waals surface area contributed by atoms with Gasteiger partial charge < -0.3 is 10.1 Å². The van der Waals surface area contributed by atoms with Crippen molar-refractivity contribution in [1.29, 1.82) is 0 Å². The first kappa shape index (κ1) is 20.6. The van der Waals surface area contributed by atoms with Crippen molar-refractivity contribution in [3.05, 3.63) is 59.7 Å². The van der Waals surface area contributed by atoms with Crippen LogP contribution in [0.25, 0.3) is 0 Å². The molecule has 1 fully saturated rings. The number of nitrogens with zero attached hydrogens (tertiary/aromatic N) is 2. The van der Waals surface area contributed by atoms with Gasteiger partial charge in [-0.2, -0.15) is 0 Å². The Labute approximate surface area is 169 Å². The number of pyridine rings is 1. The molecule has 150 valence electrons. The molecule has 1 N–H and O–H groups in total. The molecule has 1 aliphatic rings. The molecule has 2 aromatic rings. The van der Waals surface area contributed by atoms with Gasteiger partial charge in [0.05, 0.1) is 12.9 Å². The molecule has 3 rings (SSSR count). The van der Waals surface area contributed by atoms with E-state index < -0.39 is 0 Å². The minimum atomic E-state index is -0.328. The molecule has 1 aromatic carbocycles. The zero-order chi connectivity index (χ0) is 19.8. The van der Waals surface area contributed by atoms with Crippen LogP contribution in [0.1, 0.15) is 24.0 Å². The largest absolute Gasteiger partial charge is 0.494 e. The number of hydrogen-bond acceptors (Lipinski definition) is 5. The normalized spacial score (nSPS) is 15.4. The molecule has 1 aromatic heterocycles. The fourth-order valence-corrected chi connectivity index (χ4v) is 4.09. The number of thioether (sulfide) groups is 1. The monoisotopic (exact) mass is 403 g/mol. The Bertz CT molecular complexity index is 768. The number of benzene rings is 1. The number of carbonyl (C=O) groups is 1. The summed E-state index contributed by atoms with van der Waals surface area (Å²) in [7, 11) is 1.47. The summed E-state index contributed by atoms with van der Waals surface area (Å²) in [6, 6.07) is 9.24. The number of piperidine rings is 1. The molecule has 5 nitrogen and oxygen atoms in total. The van der Waals surface area contributed by atoms with Crippen molar-refractivity contribution in [3.8, 4) is 5.75 Å². The van der Waals surface area contributed by atoms with Crippen LogP contribution in [-0.2, 0) is 17.1 Å². The molecule has 0 saturated carbocycles. The molecule has 0 aliphatic carbocycles. The first-order valence-corrected chi connectivity index (χ1v) is 10.6. The first-order valence-electron chi connectivity index (χ1n) is 9.45. The summed E-state index contributed by atoms with van der Waals surface area (Å²) >= 11 is 1.60. The Hall–Kier alpha value is -2.12. The van der Waals surface area contributed by atoms with Crippen molar-refractivity contribution < 1.29 is 13.9 Å². The van der Waals surface area contributed by atoms with Crippen molar-refractivity contribution in [1.82, 2.24) is 15.2 Å². The Balaban J connectivity index is 1.35. The van der Waals surface area contributed by atoms with E-state index in [1.165, 1.54) is 13.2 Å². The molecule has 1 amide bonds. The molecule has 7 heteroatoms. The molecular formula is C21H26FN3O2S. The van der Waals surface area contributed by atoms with Crippen LogP contribution in [-0.4, -0.2) is 47.8 Å². The summed E-state index contributed by atoms with van der Waals surface area (Å²) in [6.45, 7) is 2.49. The van der Waals surface area contributed by atoms with Crippen molar-refractivity contribution in [3.63, 3.8) is 0 Å². The highest BCUT2D eigenvalue weighted by Crippen LogP contribution is 2.20. The van der Waals surface area contributed by atoms with E-state index in [9.17, 15) is 9.18 Å². The van der Waals surface area contributed by atoms with Gasteiger partial charge in [-0.1, -0.05) is 12.1 Å². The highest BCUT2D eigenvalue weighted by molar-refractivity contribution is 7.99. The Morgan fingerprint density at radius 3 is 2.82 bits per heavy atom. The highest BCUT2D eigenvalue weighted by atomic mass is 32.2. The minimum Gasteiger partial charge on any atom is -0.494 e. The molecule has 0 spiro atoms. The topological polar surface area (TPSA) is 54.5 Å². The fourth-order valence-electron chi connectivity index (χ4n) is 3.32. The number of methoxy groups -OCH3 is 1. The molecule has 28 heavy (non-hydrogen) atoms. The number of amides is 1. The van der Waals surface area contributed by atoms with E-state index in [4.69, 9.17) is 4.74 Å². The van der Waals surface area contributed by atoms with Gasteiger partial charge >= 0.3 is 0 Å². The van der Waals surface area contributed by atoms with Crippen LogP contribution >= 0.6 is 11.8 Å². The Kier molecular flexibility index (Phi) is 7.68. The van der Waals surface area contributed by atoms with E-state index in [-0.39, 0.29) is 23.5 Å². The number of carbonyl (C=O) groups excluding carboxylic acids is 1. The molecule has 0 unspecified atom stereocenters. The van der Waals surface area contributed by atoms with Gasteiger partial charge in [0.2, 0.25) is 5.91 Å². The molecule has 0 atom stereocenters. The number of rotatable bonds is 8. The van der Waals surface area contributed by atoms with E-state index in [1.54, 1.807) is 24.0 Å². The standard InChI is InChI=1S/C21H26FN3O2S/c1-27-20-5-4-16(11-19(20)22)13-25-9-6-18(7-10-25)24-21(26)15-28-14-17-3-2-8-23-12-17/h2-5,8,11-12,18H,6-7,9-10,13-15H2,1H3,(H,24,26).